The van der Waals surface area contributed by atoms with Gasteiger partial charge >= 0.3 is 0 Å². The average molecular weight is 346 g/mol. The fourth-order valence-electron chi connectivity index (χ4n) is 3.52. The van der Waals surface area contributed by atoms with Crippen molar-refractivity contribution < 1.29 is 4.79 Å². The first-order valence-electron chi connectivity index (χ1n) is 9.00. The maximum Gasteiger partial charge on any atom is 0.155 e. The lowest BCUT2D eigenvalue weighted by Crippen LogP contribution is -2.47. The van der Waals surface area contributed by atoms with Crippen molar-refractivity contribution in [3.05, 3.63) is 55.1 Å². The Hall–Kier alpha value is -2.95. The second kappa shape index (κ2) is 6.75. The number of aromatic nitrogens is 3. The number of aryl methyl sites for hydroxylation is 1. The number of carbonyl (C=O) groups is 1. The molecule has 4 heterocycles. The summed E-state index contributed by atoms with van der Waals surface area (Å²) in [4.78, 5) is 26.0. The summed E-state index contributed by atoms with van der Waals surface area (Å²) in [5.41, 5.74) is 5.37. The third-order valence-electron chi connectivity index (χ3n) is 5.05. The molecule has 1 aliphatic heterocycles. The number of aromatic amines is 1. The average Bonchev–Trinajstić information content (AvgIpc) is 3.07. The lowest BCUT2D eigenvalue weighted by molar-refractivity contribution is -0.115. The Bertz CT molecular complexity index is 969. The molecule has 0 aliphatic carbocycles. The van der Waals surface area contributed by atoms with Gasteiger partial charge in [0.25, 0.3) is 0 Å². The molecule has 0 radical (unpaired) electrons. The van der Waals surface area contributed by atoms with Gasteiger partial charge in [-0.2, -0.15) is 0 Å². The van der Waals surface area contributed by atoms with Crippen LogP contribution >= 0.6 is 0 Å². The van der Waals surface area contributed by atoms with Crippen LogP contribution in [0, 0.1) is 5.92 Å². The molecule has 1 fully saturated rings. The first-order chi connectivity index (χ1) is 12.7. The largest absolute Gasteiger partial charge is 0.370 e. The van der Waals surface area contributed by atoms with Gasteiger partial charge in [-0.05, 0) is 36.3 Å². The topological polar surface area (TPSA) is 61.9 Å². The summed E-state index contributed by atoms with van der Waals surface area (Å²) in [6, 6.07) is 6.36. The van der Waals surface area contributed by atoms with Crippen LogP contribution in [0.3, 0.4) is 0 Å². The van der Waals surface area contributed by atoms with E-state index in [2.05, 4.69) is 45.5 Å². The number of allylic oxidation sites excluding steroid dienone is 1. The van der Waals surface area contributed by atoms with Crippen molar-refractivity contribution in [1.82, 2.24) is 15.0 Å². The molecule has 1 N–H and O–H groups in total. The summed E-state index contributed by atoms with van der Waals surface area (Å²) >= 11 is 0. The Morgan fingerprint density at radius 2 is 2.23 bits per heavy atom. The fraction of sp³-hybridized carbons (Fsp3) is 0.286. The number of fused-ring (bicyclic) bond motifs is 1. The Morgan fingerprint density at radius 3 is 3.00 bits per heavy atom. The third-order valence-corrected chi connectivity index (χ3v) is 5.05. The van der Waals surface area contributed by atoms with Crippen molar-refractivity contribution >= 4 is 22.5 Å². The van der Waals surface area contributed by atoms with E-state index in [9.17, 15) is 4.79 Å². The van der Waals surface area contributed by atoms with Crippen LogP contribution < -0.4 is 4.90 Å². The van der Waals surface area contributed by atoms with Crippen LogP contribution in [0.1, 0.15) is 19.0 Å². The van der Waals surface area contributed by atoms with Gasteiger partial charge in [0.05, 0.1) is 11.9 Å². The summed E-state index contributed by atoms with van der Waals surface area (Å²) in [6.45, 7) is 7.44. The zero-order valence-electron chi connectivity index (χ0n) is 14.9. The predicted octanol–water partition coefficient (Wildman–Crippen LogP) is 3.77. The maximum atomic E-state index is 11.5. The standard InChI is InChI=1S/C21H22N4O/c1-3-16-8-15(5-6-22-16)20-11-24-21-19(20)9-17(10-23-21)25-12-14(13-25)7-18(26)4-2/h4-6,8-11,14H,2-3,7,12-13H2,1H3,(H,23,24). The second-order valence-electron chi connectivity index (χ2n) is 6.83. The van der Waals surface area contributed by atoms with E-state index in [4.69, 9.17) is 0 Å². The van der Waals surface area contributed by atoms with Crippen molar-refractivity contribution in [2.24, 2.45) is 5.92 Å². The normalized spacial score (nSPS) is 14.4. The van der Waals surface area contributed by atoms with E-state index in [1.807, 2.05) is 24.7 Å². The zero-order valence-corrected chi connectivity index (χ0v) is 14.9. The molecule has 4 rings (SSSR count). The minimum atomic E-state index is 0.126. The molecule has 1 aliphatic rings. The Labute approximate surface area is 152 Å². The molecule has 3 aromatic heterocycles. The molecule has 26 heavy (non-hydrogen) atoms. The number of H-pyrrole nitrogens is 1. The van der Waals surface area contributed by atoms with Crippen molar-refractivity contribution in [3.63, 3.8) is 0 Å². The number of nitrogens with zero attached hydrogens (tertiary/aromatic N) is 3. The summed E-state index contributed by atoms with van der Waals surface area (Å²) in [6.07, 6.45) is 8.69. The number of ketones is 1. The van der Waals surface area contributed by atoms with Crippen LogP contribution in [-0.4, -0.2) is 33.8 Å². The molecule has 0 bridgehead atoms. The van der Waals surface area contributed by atoms with Gasteiger partial charge in [-0.1, -0.05) is 13.5 Å². The first-order valence-corrected chi connectivity index (χ1v) is 9.00. The molecule has 0 saturated carbocycles. The van der Waals surface area contributed by atoms with Crippen LogP contribution in [0.5, 0.6) is 0 Å². The van der Waals surface area contributed by atoms with E-state index < -0.39 is 0 Å². The van der Waals surface area contributed by atoms with Crippen molar-refractivity contribution in [2.75, 3.05) is 18.0 Å². The number of anilines is 1. The molecule has 5 nitrogen and oxygen atoms in total. The summed E-state index contributed by atoms with van der Waals surface area (Å²) < 4.78 is 0. The summed E-state index contributed by atoms with van der Waals surface area (Å²) in [5, 5.41) is 1.11. The molecule has 3 aromatic rings. The van der Waals surface area contributed by atoms with Crippen molar-refractivity contribution in [1.29, 1.82) is 0 Å². The van der Waals surface area contributed by atoms with Crippen LogP contribution in [0.15, 0.2) is 49.4 Å². The Morgan fingerprint density at radius 1 is 1.38 bits per heavy atom. The Kier molecular flexibility index (Phi) is 4.29. The number of hydrogen-bond donors (Lipinski definition) is 1. The van der Waals surface area contributed by atoms with Gasteiger partial charge in [0.2, 0.25) is 0 Å². The summed E-state index contributed by atoms with van der Waals surface area (Å²) in [7, 11) is 0. The number of rotatable bonds is 6. The summed E-state index contributed by atoms with van der Waals surface area (Å²) in [5.74, 6) is 0.537. The van der Waals surface area contributed by atoms with Crippen LogP contribution in [-0.2, 0) is 11.2 Å². The highest BCUT2D eigenvalue weighted by Crippen LogP contribution is 2.33. The smallest absolute Gasteiger partial charge is 0.155 e. The van der Waals surface area contributed by atoms with Crippen LogP contribution in [0.2, 0.25) is 0 Å². The SMILES string of the molecule is C=CC(=O)CC1CN(c2cnc3[nH]cc(-c4ccnc(CC)c4)c3c2)C1. The van der Waals surface area contributed by atoms with E-state index >= 15 is 0 Å². The van der Waals surface area contributed by atoms with E-state index in [-0.39, 0.29) is 5.78 Å². The van der Waals surface area contributed by atoms with E-state index in [0.717, 1.165) is 53.1 Å². The minimum Gasteiger partial charge on any atom is -0.370 e. The zero-order chi connectivity index (χ0) is 18.1. The molecule has 0 atom stereocenters. The molecule has 0 spiro atoms. The van der Waals surface area contributed by atoms with Gasteiger partial charge in [0.1, 0.15) is 5.65 Å². The van der Waals surface area contributed by atoms with Gasteiger partial charge in [-0.3, -0.25) is 9.78 Å². The first kappa shape index (κ1) is 16.5. The van der Waals surface area contributed by atoms with Gasteiger partial charge < -0.3 is 9.88 Å². The molecular weight excluding hydrogens is 324 g/mol. The molecule has 0 aromatic carbocycles. The third kappa shape index (κ3) is 3.01. The molecule has 132 valence electrons. The number of carbonyl (C=O) groups excluding carboxylic acids is 1. The highest BCUT2D eigenvalue weighted by Gasteiger charge is 2.28. The molecular formula is C21H22N4O. The highest BCUT2D eigenvalue weighted by atomic mass is 16.1. The molecule has 0 unspecified atom stereocenters. The van der Waals surface area contributed by atoms with Crippen molar-refractivity contribution in [3.8, 4) is 11.1 Å². The predicted molar refractivity (Wildman–Crippen MR) is 104 cm³/mol. The quantitative estimate of drug-likeness (QED) is 0.690. The monoisotopic (exact) mass is 346 g/mol. The van der Waals surface area contributed by atoms with E-state index in [0.29, 0.717) is 12.3 Å². The van der Waals surface area contributed by atoms with Gasteiger partial charge in [-0.15, -0.1) is 0 Å². The minimum absolute atomic E-state index is 0.126. The molecule has 5 heteroatoms. The van der Waals surface area contributed by atoms with Crippen LogP contribution in [0.25, 0.3) is 22.2 Å². The van der Waals surface area contributed by atoms with Crippen molar-refractivity contribution in [2.45, 2.75) is 19.8 Å². The Balaban J connectivity index is 1.59. The maximum absolute atomic E-state index is 11.5. The van der Waals surface area contributed by atoms with E-state index in [1.54, 1.807) is 0 Å². The van der Waals surface area contributed by atoms with Gasteiger partial charge in [-0.25, -0.2) is 4.98 Å². The number of nitrogens with one attached hydrogen (secondary N) is 1. The molecule has 0 amide bonds. The van der Waals surface area contributed by atoms with Gasteiger partial charge in [0, 0.05) is 54.5 Å². The number of hydrogen-bond acceptors (Lipinski definition) is 4. The highest BCUT2D eigenvalue weighted by molar-refractivity contribution is 5.95. The lowest BCUT2D eigenvalue weighted by Gasteiger charge is -2.40. The van der Waals surface area contributed by atoms with Gasteiger partial charge in [0.15, 0.2) is 5.78 Å². The fourth-order valence-corrected chi connectivity index (χ4v) is 3.52. The lowest BCUT2D eigenvalue weighted by atomic mass is 9.93. The van der Waals surface area contributed by atoms with E-state index in [1.165, 1.54) is 6.08 Å². The van der Waals surface area contributed by atoms with Crippen LogP contribution in [0.4, 0.5) is 5.69 Å². The molecule has 1 saturated heterocycles. The second-order valence-corrected chi connectivity index (χ2v) is 6.83. The number of pyridine rings is 2.